The quantitative estimate of drug-likeness (QED) is 0.366. The highest BCUT2D eigenvalue weighted by atomic mass is 32.2. The van der Waals surface area contributed by atoms with Crippen LogP contribution in [-0.4, -0.2) is 53.1 Å². The summed E-state index contributed by atoms with van der Waals surface area (Å²) in [5.41, 5.74) is 0.374. The van der Waals surface area contributed by atoms with Crippen molar-refractivity contribution in [2.45, 2.75) is 19.8 Å². The van der Waals surface area contributed by atoms with Gasteiger partial charge < -0.3 is 13.9 Å². The number of furan rings is 1. The number of rotatable bonds is 9. The van der Waals surface area contributed by atoms with Gasteiger partial charge in [-0.1, -0.05) is 13.0 Å². The fraction of sp³-hybridized carbons (Fsp3) is 0.273. The van der Waals surface area contributed by atoms with Gasteiger partial charge >= 0.3 is 0 Å². The Morgan fingerprint density at radius 1 is 1.09 bits per heavy atom. The van der Waals surface area contributed by atoms with Gasteiger partial charge in [-0.3, -0.25) is 9.29 Å². The van der Waals surface area contributed by atoms with Gasteiger partial charge in [0, 0.05) is 5.92 Å². The molecule has 0 aliphatic heterocycles. The van der Waals surface area contributed by atoms with Crippen molar-refractivity contribution >= 4 is 16.0 Å². The van der Waals surface area contributed by atoms with Crippen LogP contribution in [0.15, 0.2) is 47.1 Å². The number of hydrogen-bond acceptors (Lipinski definition) is 9. The van der Waals surface area contributed by atoms with E-state index in [0.29, 0.717) is 28.7 Å². The number of methoxy groups -OCH3 is 2. The first-order valence-corrected chi connectivity index (χ1v) is 12.1. The summed E-state index contributed by atoms with van der Waals surface area (Å²) in [6.45, 7) is 3.40. The average molecular weight is 503 g/mol. The predicted molar refractivity (Wildman–Crippen MR) is 125 cm³/mol. The molecule has 4 aromatic rings. The summed E-state index contributed by atoms with van der Waals surface area (Å²) in [6, 6.07) is 8.57. The molecule has 35 heavy (non-hydrogen) atoms. The van der Waals surface area contributed by atoms with E-state index in [2.05, 4.69) is 24.9 Å². The summed E-state index contributed by atoms with van der Waals surface area (Å²) in [4.78, 5) is 7.74. The van der Waals surface area contributed by atoms with Crippen LogP contribution >= 0.6 is 0 Å². The number of ether oxygens (including phenoxy) is 2. The first-order valence-electron chi connectivity index (χ1n) is 10.4. The lowest BCUT2D eigenvalue weighted by atomic mass is 10.2. The molecule has 0 aliphatic carbocycles. The van der Waals surface area contributed by atoms with Crippen molar-refractivity contribution in [1.82, 2.24) is 24.7 Å². The number of hydrogen-bond donors (Lipinski definition) is 1. The molecular formula is C22H23FN6O5S. The van der Waals surface area contributed by atoms with Crippen molar-refractivity contribution in [3.05, 3.63) is 60.1 Å². The summed E-state index contributed by atoms with van der Waals surface area (Å²) < 4.78 is 60.0. The van der Waals surface area contributed by atoms with Crippen LogP contribution in [0.25, 0.3) is 17.3 Å². The number of para-hydroxylation sites is 1. The molecule has 0 saturated carbocycles. The first kappa shape index (κ1) is 24.1. The molecule has 0 radical (unpaired) electrons. The van der Waals surface area contributed by atoms with Crippen LogP contribution in [0.2, 0.25) is 0 Å². The molecule has 0 saturated heterocycles. The van der Waals surface area contributed by atoms with Crippen molar-refractivity contribution in [3.8, 4) is 28.8 Å². The van der Waals surface area contributed by atoms with Crippen LogP contribution in [0.4, 0.5) is 10.3 Å². The first-order chi connectivity index (χ1) is 16.7. The second kappa shape index (κ2) is 9.70. The Kier molecular flexibility index (Phi) is 6.69. The molecule has 11 nitrogen and oxygen atoms in total. The van der Waals surface area contributed by atoms with Crippen LogP contribution in [-0.2, 0) is 10.0 Å². The lowest BCUT2D eigenvalue weighted by Gasteiger charge is -2.17. The smallest absolute Gasteiger partial charge is 0.243 e. The Morgan fingerprint density at radius 2 is 1.74 bits per heavy atom. The number of aromatic nitrogens is 5. The normalized spacial score (nSPS) is 12.4. The summed E-state index contributed by atoms with van der Waals surface area (Å²) >= 11 is 0. The third-order valence-electron chi connectivity index (χ3n) is 5.05. The molecule has 1 N–H and O–H groups in total. The highest BCUT2D eigenvalue weighted by molar-refractivity contribution is 7.92. The molecule has 3 aromatic heterocycles. The fourth-order valence-corrected chi connectivity index (χ4v) is 4.79. The molecule has 4 rings (SSSR count). The minimum Gasteiger partial charge on any atom is -0.494 e. The number of nitrogens with zero attached hydrogens (tertiary/aromatic N) is 5. The molecule has 0 bridgehead atoms. The molecule has 1 atom stereocenters. The van der Waals surface area contributed by atoms with Gasteiger partial charge in [-0.25, -0.2) is 22.8 Å². The van der Waals surface area contributed by atoms with E-state index in [4.69, 9.17) is 13.9 Å². The Morgan fingerprint density at radius 3 is 2.31 bits per heavy atom. The maximum atomic E-state index is 13.1. The molecule has 0 fully saturated rings. The summed E-state index contributed by atoms with van der Waals surface area (Å²) in [6.07, 6.45) is 1.97. The van der Waals surface area contributed by atoms with E-state index < -0.39 is 21.8 Å². The third kappa shape index (κ3) is 5.09. The van der Waals surface area contributed by atoms with E-state index in [1.165, 1.54) is 18.8 Å². The largest absolute Gasteiger partial charge is 0.494 e. The van der Waals surface area contributed by atoms with Gasteiger partial charge in [-0.2, -0.15) is 0 Å². The van der Waals surface area contributed by atoms with Gasteiger partial charge in [0.2, 0.25) is 21.8 Å². The van der Waals surface area contributed by atoms with E-state index in [1.54, 1.807) is 44.2 Å². The second-order valence-electron chi connectivity index (χ2n) is 7.65. The van der Waals surface area contributed by atoms with Crippen molar-refractivity contribution in [3.63, 3.8) is 0 Å². The van der Waals surface area contributed by atoms with Crippen LogP contribution in [0.1, 0.15) is 24.4 Å². The fourth-order valence-electron chi connectivity index (χ4n) is 3.49. The van der Waals surface area contributed by atoms with Crippen molar-refractivity contribution in [1.29, 1.82) is 0 Å². The molecule has 0 spiro atoms. The zero-order valence-corrected chi connectivity index (χ0v) is 20.2. The molecule has 13 heteroatoms. The standard InChI is InChI=1S/C22H23FN6O5S/c1-13(20-24-10-15(23)11-25-20)12-35(30,31)28-22-27-26-21(18-9-8-14(2)34-18)29(22)19-16(32-3)6-5-7-17(19)33-4/h5-11,13H,12H2,1-4H3,(H,27,28)/t13-/m1/s1. The van der Waals surface area contributed by atoms with Crippen molar-refractivity contribution in [2.75, 3.05) is 24.7 Å². The molecule has 0 aliphatic rings. The maximum Gasteiger partial charge on any atom is 0.243 e. The van der Waals surface area contributed by atoms with E-state index in [-0.39, 0.29) is 23.4 Å². The highest BCUT2D eigenvalue weighted by Crippen LogP contribution is 2.38. The van der Waals surface area contributed by atoms with Gasteiger partial charge in [0.25, 0.3) is 0 Å². The topological polar surface area (TPSA) is 134 Å². The predicted octanol–water partition coefficient (Wildman–Crippen LogP) is 3.33. The number of anilines is 1. The van der Waals surface area contributed by atoms with Gasteiger partial charge in [0.15, 0.2) is 11.6 Å². The van der Waals surface area contributed by atoms with Gasteiger partial charge in [0.1, 0.15) is 28.8 Å². The van der Waals surface area contributed by atoms with Gasteiger partial charge in [0.05, 0.1) is 32.4 Å². The van der Waals surface area contributed by atoms with Gasteiger partial charge in [-0.15, -0.1) is 10.2 Å². The van der Waals surface area contributed by atoms with E-state index in [0.717, 1.165) is 12.4 Å². The zero-order chi connectivity index (χ0) is 25.2. The van der Waals surface area contributed by atoms with E-state index >= 15 is 0 Å². The lowest BCUT2D eigenvalue weighted by molar-refractivity contribution is 0.391. The monoisotopic (exact) mass is 502 g/mol. The highest BCUT2D eigenvalue weighted by Gasteiger charge is 2.27. The summed E-state index contributed by atoms with van der Waals surface area (Å²) in [5, 5.41) is 8.25. The van der Waals surface area contributed by atoms with Crippen LogP contribution in [0.3, 0.4) is 0 Å². The Hall–Kier alpha value is -4.00. The lowest BCUT2D eigenvalue weighted by Crippen LogP contribution is -2.23. The van der Waals surface area contributed by atoms with Crippen molar-refractivity contribution < 1.29 is 26.7 Å². The SMILES string of the molecule is COc1cccc(OC)c1-n1c(NS(=O)(=O)C[C@@H](C)c2ncc(F)cn2)nnc1-c1ccc(C)o1. The number of nitrogens with one attached hydrogen (secondary N) is 1. The molecule has 0 unspecified atom stereocenters. The molecule has 1 aromatic carbocycles. The molecule has 0 amide bonds. The minimum atomic E-state index is -3.98. The Bertz CT molecular complexity index is 1410. The van der Waals surface area contributed by atoms with Crippen molar-refractivity contribution in [2.24, 2.45) is 0 Å². The Balaban J connectivity index is 1.77. The second-order valence-corrected chi connectivity index (χ2v) is 9.42. The number of sulfonamides is 1. The Labute approximate surface area is 201 Å². The zero-order valence-electron chi connectivity index (χ0n) is 19.4. The van der Waals surface area contributed by atoms with E-state index in [1.807, 2.05) is 0 Å². The van der Waals surface area contributed by atoms with Crippen LogP contribution in [0, 0.1) is 12.7 Å². The number of benzene rings is 1. The van der Waals surface area contributed by atoms with Crippen LogP contribution < -0.4 is 14.2 Å². The maximum absolute atomic E-state index is 13.1. The van der Waals surface area contributed by atoms with Crippen LogP contribution in [0.5, 0.6) is 11.5 Å². The molecular weight excluding hydrogens is 479 g/mol. The van der Waals surface area contributed by atoms with Gasteiger partial charge in [-0.05, 0) is 31.2 Å². The summed E-state index contributed by atoms with van der Waals surface area (Å²) in [5.74, 6) is 0.472. The summed E-state index contributed by atoms with van der Waals surface area (Å²) in [7, 11) is -1.03. The molecule has 3 heterocycles. The molecule has 184 valence electrons. The average Bonchev–Trinajstić information content (AvgIpc) is 3.43. The minimum absolute atomic E-state index is 0.107. The number of aryl methyl sites for hydroxylation is 1. The number of halogens is 1. The third-order valence-corrected chi connectivity index (χ3v) is 6.48. The van der Waals surface area contributed by atoms with E-state index in [9.17, 15) is 12.8 Å².